The van der Waals surface area contributed by atoms with Crippen LogP contribution < -0.4 is 0 Å². The fourth-order valence-electron chi connectivity index (χ4n) is 4.05. The number of rotatable bonds is 4. The van der Waals surface area contributed by atoms with E-state index in [0.717, 1.165) is 50.2 Å². The van der Waals surface area contributed by atoms with E-state index in [0.29, 0.717) is 17.4 Å². The van der Waals surface area contributed by atoms with Crippen LogP contribution >= 0.6 is 0 Å². The summed E-state index contributed by atoms with van der Waals surface area (Å²) in [7, 11) is -2.81. The Bertz CT molecular complexity index is 686. The van der Waals surface area contributed by atoms with E-state index in [1.54, 1.807) is 12.1 Å². The molecule has 7 heteroatoms. The third kappa shape index (κ3) is 3.94. The second kappa shape index (κ2) is 6.02. The van der Waals surface area contributed by atoms with Gasteiger partial charge >= 0.3 is 6.18 Å². The van der Waals surface area contributed by atoms with Crippen LogP contribution in [0.4, 0.5) is 13.2 Å². The first-order chi connectivity index (χ1) is 11.1. The van der Waals surface area contributed by atoms with E-state index in [9.17, 15) is 21.6 Å². The summed E-state index contributed by atoms with van der Waals surface area (Å²) in [6, 6.07) is 5.35. The summed E-state index contributed by atoms with van der Waals surface area (Å²) in [5, 5.41) is 0. The van der Waals surface area contributed by atoms with Crippen molar-refractivity contribution >= 4 is 9.84 Å². The zero-order valence-electron chi connectivity index (χ0n) is 13.6. The van der Waals surface area contributed by atoms with Crippen molar-refractivity contribution < 1.29 is 21.6 Å². The molecule has 2 saturated heterocycles. The normalized spacial score (nSPS) is 24.0. The molecule has 1 atom stereocenters. The minimum atomic E-state index is -4.29. The van der Waals surface area contributed by atoms with Gasteiger partial charge in [0.15, 0.2) is 9.84 Å². The first-order valence-electron chi connectivity index (χ1n) is 8.16. The largest absolute Gasteiger partial charge is 0.416 e. The molecule has 0 saturated carbocycles. The molecule has 0 radical (unpaired) electrons. The highest BCUT2D eigenvalue weighted by Gasteiger charge is 2.51. The Morgan fingerprint density at radius 1 is 1.21 bits per heavy atom. The molecule has 2 aliphatic rings. The maximum absolute atomic E-state index is 12.6. The molecule has 0 amide bonds. The van der Waals surface area contributed by atoms with Gasteiger partial charge in [-0.15, -0.1) is 0 Å². The Balaban J connectivity index is 1.50. The number of alkyl halides is 3. The van der Waals surface area contributed by atoms with Crippen molar-refractivity contribution in [2.24, 2.45) is 11.3 Å². The van der Waals surface area contributed by atoms with E-state index in [1.165, 1.54) is 0 Å². The van der Waals surface area contributed by atoms with Gasteiger partial charge in [-0.25, -0.2) is 8.42 Å². The van der Waals surface area contributed by atoms with Crippen molar-refractivity contribution in [2.45, 2.75) is 25.9 Å². The van der Waals surface area contributed by atoms with Crippen LogP contribution in [0.15, 0.2) is 24.3 Å². The lowest BCUT2D eigenvalue weighted by molar-refractivity contribution is -0.137. The van der Waals surface area contributed by atoms with E-state index in [-0.39, 0.29) is 5.41 Å². The highest BCUT2D eigenvalue weighted by atomic mass is 32.2. The minimum absolute atomic E-state index is 0.0348. The smallest absolute Gasteiger partial charge is 0.302 e. The Hall–Kier alpha value is -1.08. The zero-order valence-corrected chi connectivity index (χ0v) is 14.5. The molecular formula is C17H22F3NO2S. The molecule has 0 unspecified atom stereocenters. The van der Waals surface area contributed by atoms with E-state index in [4.69, 9.17) is 0 Å². The molecule has 2 heterocycles. The highest BCUT2D eigenvalue weighted by Crippen LogP contribution is 2.41. The van der Waals surface area contributed by atoms with Crippen LogP contribution in [0.2, 0.25) is 0 Å². The van der Waals surface area contributed by atoms with Gasteiger partial charge in [-0.3, -0.25) is 0 Å². The SMILES string of the molecule is C[C@H](Cc1ccc(C(F)(F)F)cc1)CN1CCC2(C1)CS(=O)(=O)C2. The molecule has 2 fully saturated rings. The zero-order chi connectivity index (χ0) is 17.6. The van der Waals surface area contributed by atoms with Gasteiger partial charge in [0.25, 0.3) is 0 Å². The van der Waals surface area contributed by atoms with Gasteiger partial charge in [0.05, 0.1) is 17.1 Å². The number of hydrogen-bond acceptors (Lipinski definition) is 3. The quantitative estimate of drug-likeness (QED) is 0.827. The van der Waals surface area contributed by atoms with E-state index < -0.39 is 21.6 Å². The molecule has 1 aromatic rings. The Morgan fingerprint density at radius 3 is 2.38 bits per heavy atom. The molecule has 2 aliphatic heterocycles. The molecule has 0 bridgehead atoms. The van der Waals surface area contributed by atoms with E-state index >= 15 is 0 Å². The third-order valence-electron chi connectivity index (χ3n) is 5.00. The lowest BCUT2D eigenvalue weighted by Crippen LogP contribution is -2.50. The number of sulfone groups is 1. The topological polar surface area (TPSA) is 37.4 Å². The number of hydrogen-bond donors (Lipinski definition) is 0. The fourth-order valence-corrected chi connectivity index (χ4v) is 6.30. The molecule has 3 nitrogen and oxygen atoms in total. The summed E-state index contributed by atoms with van der Waals surface area (Å²) in [5.41, 5.74) is 0.245. The standard InChI is InChI=1S/C17H22F3NO2S/c1-13(8-14-2-4-15(5-3-14)17(18,19)20)9-21-7-6-16(10-21)11-24(22,23)12-16/h2-5,13H,6-12H2,1H3/t13-/m1/s1. The van der Waals surface area contributed by atoms with Gasteiger partial charge in [0, 0.05) is 18.5 Å². The number of benzene rings is 1. The second-order valence-corrected chi connectivity index (χ2v) is 9.59. The van der Waals surface area contributed by atoms with Crippen molar-refractivity contribution in [1.29, 1.82) is 0 Å². The summed E-state index contributed by atoms with van der Waals surface area (Å²) in [6.07, 6.45) is -2.64. The maximum Gasteiger partial charge on any atom is 0.416 e. The van der Waals surface area contributed by atoms with Crippen LogP contribution in [0.3, 0.4) is 0 Å². The van der Waals surface area contributed by atoms with Gasteiger partial charge in [-0.1, -0.05) is 19.1 Å². The minimum Gasteiger partial charge on any atom is -0.302 e. The average molecular weight is 361 g/mol. The molecular weight excluding hydrogens is 339 g/mol. The van der Waals surface area contributed by atoms with Crippen molar-refractivity contribution in [3.05, 3.63) is 35.4 Å². The predicted molar refractivity (Wildman–Crippen MR) is 86.5 cm³/mol. The molecule has 0 N–H and O–H groups in total. The molecule has 24 heavy (non-hydrogen) atoms. The fraction of sp³-hybridized carbons (Fsp3) is 0.647. The number of halogens is 3. The van der Waals surface area contributed by atoms with Gasteiger partial charge in [0.2, 0.25) is 0 Å². The predicted octanol–water partition coefficient (Wildman–Crippen LogP) is 3.00. The summed E-state index contributed by atoms with van der Waals surface area (Å²) in [6.45, 7) is 4.67. The molecule has 1 aromatic carbocycles. The molecule has 1 spiro atoms. The van der Waals surface area contributed by atoms with Crippen LogP contribution in [-0.4, -0.2) is 44.5 Å². The maximum atomic E-state index is 12.6. The second-order valence-electron chi connectivity index (χ2n) is 7.52. The summed E-state index contributed by atoms with van der Waals surface area (Å²) in [4.78, 5) is 2.30. The Morgan fingerprint density at radius 2 is 1.83 bits per heavy atom. The van der Waals surface area contributed by atoms with E-state index in [2.05, 4.69) is 11.8 Å². The first kappa shape index (κ1) is 17.7. The number of nitrogens with zero attached hydrogens (tertiary/aromatic N) is 1. The van der Waals surface area contributed by atoms with Crippen LogP contribution in [0.5, 0.6) is 0 Å². The van der Waals surface area contributed by atoms with Gasteiger partial charge in [0.1, 0.15) is 0 Å². The summed E-state index contributed by atoms with van der Waals surface area (Å²) < 4.78 is 60.5. The first-order valence-corrected chi connectivity index (χ1v) is 9.98. The molecule has 134 valence electrons. The van der Waals surface area contributed by atoms with Gasteiger partial charge < -0.3 is 4.90 Å². The highest BCUT2D eigenvalue weighted by molar-refractivity contribution is 7.92. The molecule has 0 aliphatic carbocycles. The number of likely N-dealkylation sites (tertiary alicyclic amines) is 1. The molecule has 0 aromatic heterocycles. The van der Waals surface area contributed by atoms with Crippen LogP contribution in [0.1, 0.15) is 24.5 Å². The van der Waals surface area contributed by atoms with Crippen molar-refractivity contribution in [1.82, 2.24) is 4.90 Å². The average Bonchev–Trinajstić information content (AvgIpc) is 2.79. The lowest BCUT2D eigenvalue weighted by Gasteiger charge is -2.37. The van der Waals surface area contributed by atoms with Crippen LogP contribution in [0, 0.1) is 11.3 Å². The summed E-state index contributed by atoms with van der Waals surface area (Å²) in [5.74, 6) is 0.932. The monoisotopic (exact) mass is 361 g/mol. The Kier molecular flexibility index (Phi) is 4.45. The van der Waals surface area contributed by atoms with Crippen molar-refractivity contribution in [2.75, 3.05) is 31.1 Å². The summed E-state index contributed by atoms with van der Waals surface area (Å²) >= 11 is 0. The van der Waals surface area contributed by atoms with Gasteiger partial charge in [-0.05, 0) is 43.0 Å². The van der Waals surface area contributed by atoms with Crippen LogP contribution in [-0.2, 0) is 22.4 Å². The Labute approximate surface area is 140 Å². The van der Waals surface area contributed by atoms with Crippen molar-refractivity contribution in [3.63, 3.8) is 0 Å². The van der Waals surface area contributed by atoms with Crippen molar-refractivity contribution in [3.8, 4) is 0 Å². The van der Waals surface area contributed by atoms with E-state index in [1.807, 2.05) is 0 Å². The van der Waals surface area contributed by atoms with Gasteiger partial charge in [-0.2, -0.15) is 13.2 Å². The van der Waals surface area contributed by atoms with Crippen LogP contribution in [0.25, 0.3) is 0 Å². The lowest BCUT2D eigenvalue weighted by atomic mass is 9.91. The third-order valence-corrected chi connectivity index (χ3v) is 7.11. The molecule has 3 rings (SSSR count).